The van der Waals surface area contributed by atoms with Crippen LogP contribution in [0, 0.1) is 0 Å². The van der Waals surface area contributed by atoms with Crippen LogP contribution in [-0.2, 0) is 11.3 Å². The van der Waals surface area contributed by atoms with Gasteiger partial charge in [-0.1, -0.05) is 18.2 Å². The number of methoxy groups -OCH3 is 1. The van der Waals surface area contributed by atoms with E-state index in [0.29, 0.717) is 18.0 Å². The van der Waals surface area contributed by atoms with E-state index in [9.17, 15) is 4.79 Å². The van der Waals surface area contributed by atoms with Crippen LogP contribution in [-0.4, -0.2) is 57.2 Å². The van der Waals surface area contributed by atoms with Crippen LogP contribution in [0.25, 0.3) is 0 Å². The van der Waals surface area contributed by atoms with Crippen LogP contribution >= 0.6 is 0 Å². The fourth-order valence-electron chi connectivity index (χ4n) is 3.15. The molecule has 1 fully saturated rings. The van der Waals surface area contributed by atoms with E-state index in [1.165, 1.54) is 5.69 Å². The van der Waals surface area contributed by atoms with E-state index in [1.807, 2.05) is 18.2 Å². The van der Waals surface area contributed by atoms with Crippen molar-refractivity contribution in [1.29, 1.82) is 0 Å². The number of nitrogens with zero attached hydrogens (tertiary/aromatic N) is 2. The lowest BCUT2D eigenvalue weighted by molar-refractivity contribution is -0.127. The molecule has 0 aliphatic carbocycles. The highest BCUT2D eigenvalue weighted by molar-refractivity contribution is 5.80. The summed E-state index contributed by atoms with van der Waals surface area (Å²) in [6.45, 7) is 6.49. The van der Waals surface area contributed by atoms with Gasteiger partial charge in [0.15, 0.2) is 6.10 Å². The number of carbonyl (C=O) groups excluding carboxylic acids is 1. The van der Waals surface area contributed by atoms with Gasteiger partial charge in [-0.15, -0.1) is 0 Å². The lowest BCUT2D eigenvalue weighted by Gasteiger charge is -2.34. The summed E-state index contributed by atoms with van der Waals surface area (Å²) in [5.74, 6) is 1.16. The number of amides is 1. The first-order valence-electron chi connectivity index (χ1n) is 9.66. The summed E-state index contributed by atoms with van der Waals surface area (Å²) in [5.41, 5.74) is 2.30. The van der Waals surface area contributed by atoms with Crippen LogP contribution in [0.3, 0.4) is 0 Å². The van der Waals surface area contributed by atoms with Gasteiger partial charge in [-0.05, 0) is 43.8 Å². The normalized spacial score (nSPS) is 15.8. The fraction of sp³-hybridized carbons (Fsp3) is 0.409. The molecule has 1 N–H and O–H groups in total. The SMILES string of the molecule is COc1cccc(OC(C)C(=O)NCc2ccc(N3CCN(C)CC3)cc2)c1. The van der Waals surface area contributed by atoms with Crippen molar-refractivity contribution in [2.24, 2.45) is 0 Å². The number of benzene rings is 2. The minimum absolute atomic E-state index is 0.147. The number of likely N-dealkylation sites (N-methyl/N-ethyl adjacent to an activating group) is 1. The van der Waals surface area contributed by atoms with Crippen molar-refractivity contribution in [2.75, 3.05) is 45.2 Å². The summed E-state index contributed by atoms with van der Waals surface area (Å²) in [6, 6.07) is 15.6. The molecule has 0 radical (unpaired) electrons. The second-order valence-corrected chi connectivity index (χ2v) is 7.11. The molecular formula is C22H29N3O3. The zero-order valence-electron chi connectivity index (χ0n) is 16.9. The third-order valence-electron chi connectivity index (χ3n) is 4.99. The Bertz CT molecular complexity index is 771. The predicted octanol–water partition coefficient (Wildman–Crippen LogP) is 2.53. The quantitative estimate of drug-likeness (QED) is 0.796. The highest BCUT2D eigenvalue weighted by Gasteiger charge is 2.16. The third-order valence-corrected chi connectivity index (χ3v) is 4.99. The van der Waals surface area contributed by atoms with Crippen molar-refractivity contribution in [3.8, 4) is 11.5 Å². The van der Waals surface area contributed by atoms with Crippen LogP contribution in [0.15, 0.2) is 48.5 Å². The number of carbonyl (C=O) groups is 1. The minimum Gasteiger partial charge on any atom is -0.497 e. The van der Waals surface area contributed by atoms with Crippen molar-refractivity contribution in [1.82, 2.24) is 10.2 Å². The molecule has 0 spiro atoms. The van der Waals surface area contributed by atoms with Crippen molar-refractivity contribution in [3.05, 3.63) is 54.1 Å². The predicted molar refractivity (Wildman–Crippen MR) is 111 cm³/mol. The molecule has 6 heteroatoms. The molecule has 1 aliphatic rings. The van der Waals surface area contributed by atoms with Crippen LogP contribution in [0.5, 0.6) is 11.5 Å². The number of anilines is 1. The van der Waals surface area contributed by atoms with Gasteiger partial charge in [-0.3, -0.25) is 4.79 Å². The summed E-state index contributed by atoms with van der Waals surface area (Å²) < 4.78 is 10.9. The van der Waals surface area contributed by atoms with E-state index in [0.717, 1.165) is 31.7 Å². The summed E-state index contributed by atoms with van der Waals surface area (Å²) >= 11 is 0. The van der Waals surface area contributed by atoms with E-state index < -0.39 is 6.10 Å². The first-order valence-corrected chi connectivity index (χ1v) is 9.66. The molecule has 3 rings (SSSR count). The van der Waals surface area contributed by atoms with Gasteiger partial charge in [0.2, 0.25) is 0 Å². The molecule has 1 atom stereocenters. The molecule has 1 saturated heterocycles. The number of rotatable bonds is 7. The maximum Gasteiger partial charge on any atom is 0.261 e. The van der Waals surface area contributed by atoms with Gasteiger partial charge in [0.25, 0.3) is 5.91 Å². The first kappa shape index (κ1) is 20.0. The van der Waals surface area contributed by atoms with E-state index in [1.54, 1.807) is 20.1 Å². The molecule has 6 nitrogen and oxygen atoms in total. The average molecular weight is 383 g/mol. The molecule has 0 bridgehead atoms. The maximum absolute atomic E-state index is 12.3. The Morgan fingerprint density at radius 2 is 1.75 bits per heavy atom. The molecule has 1 aliphatic heterocycles. The topological polar surface area (TPSA) is 54.0 Å². The molecule has 1 heterocycles. The highest BCUT2D eigenvalue weighted by Crippen LogP contribution is 2.20. The van der Waals surface area contributed by atoms with E-state index in [2.05, 4.69) is 46.4 Å². The Morgan fingerprint density at radius 3 is 2.43 bits per heavy atom. The van der Waals surface area contributed by atoms with E-state index >= 15 is 0 Å². The minimum atomic E-state index is -0.586. The van der Waals surface area contributed by atoms with Gasteiger partial charge in [-0.25, -0.2) is 0 Å². The summed E-state index contributed by atoms with van der Waals surface area (Å²) in [7, 11) is 3.76. The Labute approximate surface area is 167 Å². The zero-order valence-corrected chi connectivity index (χ0v) is 16.9. The van der Waals surface area contributed by atoms with Crippen LogP contribution in [0.4, 0.5) is 5.69 Å². The molecule has 1 unspecified atom stereocenters. The first-order chi connectivity index (χ1) is 13.5. The van der Waals surface area contributed by atoms with Gasteiger partial charge in [0.1, 0.15) is 11.5 Å². The number of ether oxygens (including phenoxy) is 2. The van der Waals surface area contributed by atoms with Crippen LogP contribution in [0.2, 0.25) is 0 Å². The Hall–Kier alpha value is -2.73. The molecule has 28 heavy (non-hydrogen) atoms. The molecule has 150 valence electrons. The van der Waals surface area contributed by atoms with E-state index in [4.69, 9.17) is 9.47 Å². The Morgan fingerprint density at radius 1 is 1.07 bits per heavy atom. The van der Waals surface area contributed by atoms with Crippen molar-refractivity contribution >= 4 is 11.6 Å². The van der Waals surface area contributed by atoms with Crippen LogP contribution < -0.4 is 19.7 Å². The molecule has 0 saturated carbocycles. The monoisotopic (exact) mass is 383 g/mol. The molecule has 2 aromatic carbocycles. The van der Waals surface area contributed by atoms with Crippen molar-refractivity contribution in [3.63, 3.8) is 0 Å². The molecule has 2 aromatic rings. The Balaban J connectivity index is 1.48. The number of hydrogen-bond acceptors (Lipinski definition) is 5. The van der Waals surface area contributed by atoms with Crippen molar-refractivity contribution in [2.45, 2.75) is 19.6 Å². The van der Waals surface area contributed by atoms with Gasteiger partial charge in [-0.2, -0.15) is 0 Å². The fourth-order valence-corrected chi connectivity index (χ4v) is 3.15. The second kappa shape index (κ2) is 9.46. The van der Waals surface area contributed by atoms with Gasteiger partial charge < -0.3 is 24.6 Å². The summed E-state index contributed by atoms with van der Waals surface area (Å²) in [4.78, 5) is 17.1. The summed E-state index contributed by atoms with van der Waals surface area (Å²) in [5, 5.41) is 2.94. The standard InChI is InChI=1S/C22H29N3O3/c1-17(28-21-6-4-5-20(15-21)27-3)22(26)23-16-18-7-9-19(10-8-18)25-13-11-24(2)12-14-25/h4-10,15,17H,11-14,16H2,1-3H3,(H,23,26). The third kappa shape index (κ3) is 5.39. The van der Waals surface area contributed by atoms with Gasteiger partial charge in [0, 0.05) is 44.5 Å². The average Bonchev–Trinajstić information content (AvgIpc) is 2.73. The number of piperazine rings is 1. The molecule has 0 aromatic heterocycles. The summed E-state index contributed by atoms with van der Waals surface area (Å²) in [6.07, 6.45) is -0.586. The molecular weight excluding hydrogens is 354 g/mol. The van der Waals surface area contributed by atoms with E-state index in [-0.39, 0.29) is 5.91 Å². The number of nitrogens with one attached hydrogen (secondary N) is 1. The smallest absolute Gasteiger partial charge is 0.261 e. The number of hydrogen-bond donors (Lipinski definition) is 1. The van der Waals surface area contributed by atoms with Crippen LogP contribution in [0.1, 0.15) is 12.5 Å². The van der Waals surface area contributed by atoms with Crippen molar-refractivity contribution < 1.29 is 14.3 Å². The maximum atomic E-state index is 12.3. The van der Waals surface area contributed by atoms with Gasteiger partial charge in [0.05, 0.1) is 7.11 Å². The largest absolute Gasteiger partial charge is 0.497 e. The Kier molecular flexibility index (Phi) is 6.76. The molecule has 1 amide bonds. The lowest BCUT2D eigenvalue weighted by Crippen LogP contribution is -2.44. The lowest BCUT2D eigenvalue weighted by atomic mass is 10.1. The van der Waals surface area contributed by atoms with Gasteiger partial charge >= 0.3 is 0 Å². The zero-order chi connectivity index (χ0) is 19.9. The highest BCUT2D eigenvalue weighted by atomic mass is 16.5. The second-order valence-electron chi connectivity index (χ2n) is 7.11.